The smallest absolute Gasteiger partial charge is 0.355 e. The molecule has 4 heteroatoms. The van der Waals surface area contributed by atoms with E-state index in [4.69, 9.17) is 4.74 Å². The summed E-state index contributed by atoms with van der Waals surface area (Å²) < 4.78 is 5.58. The summed E-state index contributed by atoms with van der Waals surface area (Å²) in [5.41, 5.74) is 7.40. The molecular formula is C22H31NO3. The van der Waals surface area contributed by atoms with Crippen LogP contribution in [-0.4, -0.2) is 16.1 Å². The average Bonchev–Trinajstić information content (AvgIpc) is 2.80. The van der Waals surface area contributed by atoms with Crippen LogP contribution in [0.15, 0.2) is 12.1 Å². The molecule has 0 aliphatic heterocycles. The number of aryl methyl sites for hydroxylation is 3. The van der Waals surface area contributed by atoms with Gasteiger partial charge in [-0.25, -0.2) is 4.79 Å². The Kier molecular flexibility index (Phi) is 5.67. The van der Waals surface area contributed by atoms with Crippen LogP contribution < -0.4 is 0 Å². The molecule has 0 unspecified atom stereocenters. The summed E-state index contributed by atoms with van der Waals surface area (Å²) in [6.45, 7) is 16.3. The van der Waals surface area contributed by atoms with Crippen molar-refractivity contribution in [1.29, 1.82) is 0 Å². The number of aliphatic hydroxyl groups is 1. The standard InChI is InChI=1S/C22H31NO3/c1-12-9-17(22(6,7)8)10-13(2)18(12)11-26-21(25)20-14(3)19(16(5)24)15(4)23-20/h9-10,16,23-24H,11H2,1-8H3/t16-/m0/s1. The van der Waals surface area contributed by atoms with E-state index in [0.29, 0.717) is 5.69 Å². The largest absolute Gasteiger partial charge is 0.456 e. The number of rotatable bonds is 4. The number of ether oxygens (including phenoxy) is 1. The molecule has 4 nitrogen and oxygen atoms in total. The highest BCUT2D eigenvalue weighted by atomic mass is 16.5. The fourth-order valence-electron chi connectivity index (χ4n) is 3.46. The monoisotopic (exact) mass is 357 g/mol. The van der Waals surface area contributed by atoms with E-state index in [-0.39, 0.29) is 12.0 Å². The van der Waals surface area contributed by atoms with E-state index in [1.165, 1.54) is 5.56 Å². The molecule has 0 bridgehead atoms. The van der Waals surface area contributed by atoms with Crippen LogP contribution in [0.1, 0.15) is 83.4 Å². The number of carbonyl (C=O) groups is 1. The lowest BCUT2D eigenvalue weighted by Crippen LogP contribution is -2.14. The molecule has 26 heavy (non-hydrogen) atoms. The van der Waals surface area contributed by atoms with Gasteiger partial charge in [0.1, 0.15) is 12.3 Å². The summed E-state index contributed by atoms with van der Waals surface area (Å²) in [7, 11) is 0. The Morgan fingerprint density at radius 3 is 2.12 bits per heavy atom. The molecular weight excluding hydrogens is 326 g/mol. The first-order valence-electron chi connectivity index (χ1n) is 9.08. The zero-order chi connectivity index (χ0) is 19.8. The molecule has 1 aromatic heterocycles. The van der Waals surface area contributed by atoms with Crippen molar-refractivity contribution in [3.05, 3.63) is 56.9 Å². The van der Waals surface area contributed by atoms with Crippen LogP contribution in [0.5, 0.6) is 0 Å². The fraction of sp³-hybridized carbons (Fsp3) is 0.500. The third-order valence-corrected chi connectivity index (χ3v) is 5.03. The topological polar surface area (TPSA) is 62.3 Å². The van der Waals surface area contributed by atoms with Gasteiger partial charge < -0.3 is 14.8 Å². The lowest BCUT2D eigenvalue weighted by Gasteiger charge is -2.22. The van der Waals surface area contributed by atoms with Crippen molar-refractivity contribution in [2.24, 2.45) is 0 Å². The minimum Gasteiger partial charge on any atom is -0.456 e. The lowest BCUT2D eigenvalue weighted by molar-refractivity contribution is 0.0464. The van der Waals surface area contributed by atoms with Gasteiger partial charge in [0.25, 0.3) is 0 Å². The molecule has 0 saturated heterocycles. The number of hydrogen-bond donors (Lipinski definition) is 2. The van der Waals surface area contributed by atoms with Crippen LogP contribution in [0.25, 0.3) is 0 Å². The van der Waals surface area contributed by atoms with Crippen molar-refractivity contribution in [3.63, 3.8) is 0 Å². The van der Waals surface area contributed by atoms with Gasteiger partial charge >= 0.3 is 5.97 Å². The van der Waals surface area contributed by atoms with Gasteiger partial charge in [0.05, 0.1) is 6.10 Å². The number of carbonyl (C=O) groups excluding carboxylic acids is 1. The predicted molar refractivity (Wildman–Crippen MR) is 105 cm³/mol. The Balaban J connectivity index is 2.22. The molecule has 2 N–H and O–H groups in total. The second-order valence-electron chi connectivity index (χ2n) is 8.25. The van der Waals surface area contributed by atoms with E-state index in [2.05, 4.69) is 51.7 Å². The van der Waals surface area contributed by atoms with Crippen LogP contribution in [-0.2, 0) is 16.8 Å². The third kappa shape index (κ3) is 4.01. The molecule has 2 aromatic rings. The van der Waals surface area contributed by atoms with Gasteiger partial charge in [0.15, 0.2) is 0 Å². The van der Waals surface area contributed by atoms with E-state index < -0.39 is 12.1 Å². The summed E-state index contributed by atoms with van der Waals surface area (Å²) in [5, 5.41) is 9.88. The van der Waals surface area contributed by atoms with Crippen molar-refractivity contribution in [2.45, 2.75) is 73.5 Å². The Labute approximate surface area is 156 Å². The minimum absolute atomic E-state index is 0.0843. The highest BCUT2D eigenvalue weighted by molar-refractivity contribution is 5.89. The molecule has 0 spiro atoms. The fourth-order valence-corrected chi connectivity index (χ4v) is 3.46. The van der Waals surface area contributed by atoms with Crippen molar-refractivity contribution in [2.75, 3.05) is 0 Å². The maximum atomic E-state index is 12.5. The maximum absolute atomic E-state index is 12.5. The maximum Gasteiger partial charge on any atom is 0.355 e. The van der Waals surface area contributed by atoms with Gasteiger partial charge in [-0.05, 0) is 67.9 Å². The van der Waals surface area contributed by atoms with Gasteiger partial charge in [0.2, 0.25) is 0 Å². The average molecular weight is 357 g/mol. The van der Waals surface area contributed by atoms with Gasteiger partial charge in [-0.1, -0.05) is 32.9 Å². The normalized spacial score (nSPS) is 13.0. The zero-order valence-corrected chi connectivity index (χ0v) is 17.2. The van der Waals surface area contributed by atoms with Crippen LogP contribution in [0.3, 0.4) is 0 Å². The Hall–Kier alpha value is -2.07. The Morgan fingerprint density at radius 2 is 1.69 bits per heavy atom. The number of hydrogen-bond acceptors (Lipinski definition) is 3. The van der Waals surface area contributed by atoms with Crippen molar-refractivity contribution in [3.8, 4) is 0 Å². The van der Waals surface area contributed by atoms with E-state index in [0.717, 1.165) is 33.5 Å². The summed E-state index contributed by atoms with van der Waals surface area (Å²) in [6.07, 6.45) is -0.623. The van der Waals surface area contributed by atoms with Gasteiger partial charge in [-0.15, -0.1) is 0 Å². The molecule has 2 rings (SSSR count). The van der Waals surface area contributed by atoms with Crippen molar-refractivity contribution in [1.82, 2.24) is 4.98 Å². The van der Waals surface area contributed by atoms with E-state index in [1.807, 2.05) is 13.8 Å². The van der Waals surface area contributed by atoms with Gasteiger partial charge in [-0.2, -0.15) is 0 Å². The summed E-state index contributed by atoms with van der Waals surface area (Å²) in [5.74, 6) is -0.392. The quantitative estimate of drug-likeness (QED) is 0.761. The number of esters is 1. The molecule has 1 aromatic carbocycles. The van der Waals surface area contributed by atoms with E-state index in [9.17, 15) is 9.90 Å². The zero-order valence-electron chi connectivity index (χ0n) is 17.2. The van der Waals surface area contributed by atoms with Crippen molar-refractivity contribution < 1.29 is 14.6 Å². The first-order chi connectivity index (χ1) is 11.9. The van der Waals surface area contributed by atoms with Crippen LogP contribution in [0, 0.1) is 27.7 Å². The summed E-state index contributed by atoms with van der Waals surface area (Å²) in [6, 6.07) is 4.34. The van der Waals surface area contributed by atoms with E-state index in [1.54, 1.807) is 6.92 Å². The molecule has 142 valence electrons. The number of nitrogens with one attached hydrogen (secondary N) is 1. The minimum atomic E-state index is -0.623. The first-order valence-corrected chi connectivity index (χ1v) is 9.08. The molecule has 0 saturated carbocycles. The second-order valence-corrected chi connectivity index (χ2v) is 8.25. The third-order valence-electron chi connectivity index (χ3n) is 5.03. The summed E-state index contributed by atoms with van der Waals surface area (Å²) in [4.78, 5) is 15.6. The van der Waals surface area contributed by atoms with E-state index >= 15 is 0 Å². The van der Waals surface area contributed by atoms with Crippen LogP contribution in [0.4, 0.5) is 0 Å². The number of aromatic amines is 1. The molecule has 0 aliphatic carbocycles. The predicted octanol–water partition coefficient (Wildman–Crippen LogP) is 4.96. The summed E-state index contributed by atoms with van der Waals surface area (Å²) >= 11 is 0. The van der Waals surface area contributed by atoms with Crippen molar-refractivity contribution >= 4 is 5.97 Å². The number of benzene rings is 1. The molecule has 0 amide bonds. The Bertz CT molecular complexity index is 800. The second kappa shape index (κ2) is 7.28. The number of aliphatic hydroxyl groups excluding tert-OH is 1. The highest BCUT2D eigenvalue weighted by Crippen LogP contribution is 2.28. The molecule has 0 fully saturated rings. The van der Waals surface area contributed by atoms with Gasteiger partial charge in [-0.3, -0.25) is 0 Å². The van der Waals surface area contributed by atoms with Crippen LogP contribution in [0.2, 0.25) is 0 Å². The number of aromatic nitrogens is 1. The SMILES string of the molecule is Cc1cc(C(C)(C)C)cc(C)c1COC(=O)c1[nH]c(C)c([C@H](C)O)c1C. The highest BCUT2D eigenvalue weighted by Gasteiger charge is 2.22. The molecule has 1 heterocycles. The molecule has 0 radical (unpaired) electrons. The molecule has 1 atom stereocenters. The van der Waals surface area contributed by atoms with Gasteiger partial charge in [0, 0.05) is 11.3 Å². The van der Waals surface area contributed by atoms with Crippen LogP contribution >= 0.6 is 0 Å². The molecule has 0 aliphatic rings. The number of H-pyrrole nitrogens is 1. The Morgan fingerprint density at radius 1 is 1.15 bits per heavy atom. The first kappa shape index (κ1) is 20.2. The lowest BCUT2D eigenvalue weighted by atomic mass is 9.84.